The first kappa shape index (κ1) is 22.1. The molecule has 6 heteroatoms. The number of methoxy groups -OCH3 is 2. The summed E-state index contributed by atoms with van der Waals surface area (Å²) in [5, 5.41) is 0. The number of carbonyl (C=O) groups excluding carboxylic acids is 2. The zero-order valence-electron chi connectivity index (χ0n) is 18.1. The molecule has 1 aliphatic heterocycles. The van der Waals surface area contributed by atoms with Gasteiger partial charge in [0.25, 0.3) is 5.91 Å². The number of amides is 1. The summed E-state index contributed by atoms with van der Waals surface area (Å²) in [5.41, 5.74) is 0.843. The van der Waals surface area contributed by atoms with Gasteiger partial charge >= 0.3 is 5.97 Å². The molecule has 1 aromatic rings. The van der Waals surface area contributed by atoms with Gasteiger partial charge in [-0.05, 0) is 51.3 Å². The van der Waals surface area contributed by atoms with Crippen LogP contribution in [0.2, 0.25) is 0 Å². The molecule has 0 saturated carbocycles. The minimum atomic E-state index is -0.586. The fraction of sp³-hybridized carbons (Fsp3) is 0.636. The van der Waals surface area contributed by atoms with Gasteiger partial charge < -0.3 is 19.1 Å². The summed E-state index contributed by atoms with van der Waals surface area (Å²) in [5.74, 6) is 0.777. The smallest absolute Gasteiger partial charge is 0.329 e. The normalized spacial score (nSPS) is 19.0. The molecule has 2 rings (SSSR count). The summed E-state index contributed by atoms with van der Waals surface area (Å²) in [7, 11) is 3.15. The highest BCUT2D eigenvalue weighted by molar-refractivity contribution is 5.99. The van der Waals surface area contributed by atoms with Crippen molar-refractivity contribution >= 4 is 11.9 Å². The molecule has 0 aliphatic carbocycles. The average molecular weight is 392 g/mol. The van der Waals surface area contributed by atoms with Crippen LogP contribution in [0.3, 0.4) is 0 Å². The van der Waals surface area contributed by atoms with Crippen LogP contribution in [-0.2, 0) is 16.0 Å². The minimum Gasteiger partial charge on any atom is -0.493 e. The van der Waals surface area contributed by atoms with Crippen molar-refractivity contribution in [1.82, 2.24) is 4.90 Å². The lowest BCUT2D eigenvalue weighted by atomic mass is 9.85. The second kappa shape index (κ2) is 8.84. The zero-order chi connectivity index (χ0) is 21.1. The van der Waals surface area contributed by atoms with Gasteiger partial charge in [0.2, 0.25) is 0 Å². The molecule has 156 valence electrons. The van der Waals surface area contributed by atoms with Crippen molar-refractivity contribution in [2.45, 2.75) is 65.5 Å². The molecule has 0 spiro atoms. The Bertz CT molecular complexity index is 722. The molecule has 1 amide bonds. The van der Waals surface area contributed by atoms with Gasteiger partial charge in [0.15, 0.2) is 11.5 Å². The predicted octanol–water partition coefficient (Wildman–Crippen LogP) is 3.85. The number of likely N-dealkylation sites (tertiary alicyclic amines) is 1. The van der Waals surface area contributed by atoms with Crippen molar-refractivity contribution in [2.24, 2.45) is 5.92 Å². The number of rotatable bonds is 7. The Morgan fingerprint density at radius 2 is 1.82 bits per heavy atom. The first-order valence-electron chi connectivity index (χ1n) is 9.95. The number of nitrogens with zero attached hydrogens (tertiary/aromatic N) is 1. The molecule has 1 aromatic carbocycles. The third-order valence-corrected chi connectivity index (χ3v) is 4.97. The lowest BCUT2D eigenvalue weighted by Crippen LogP contribution is -2.63. The lowest BCUT2D eigenvalue weighted by molar-refractivity contribution is -0.168. The van der Waals surface area contributed by atoms with Gasteiger partial charge in [-0.1, -0.05) is 20.3 Å². The number of carbonyl (C=O) groups is 2. The molecule has 0 radical (unpaired) electrons. The van der Waals surface area contributed by atoms with Crippen LogP contribution in [0.25, 0.3) is 0 Å². The zero-order valence-corrected chi connectivity index (χ0v) is 18.1. The highest BCUT2D eigenvalue weighted by atomic mass is 16.6. The van der Waals surface area contributed by atoms with Crippen LogP contribution in [0.5, 0.6) is 11.5 Å². The van der Waals surface area contributed by atoms with Crippen LogP contribution >= 0.6 is 0 Å². The van der Waals surface area contributed by atoms with E-state index >= 15 is 0 Å². The predicted molar refractivity (Wildman–Crippen MR) is 108 cm³/mol. The highest BCUT2D eigenvalue weighted by Gasteiger charge is 2.47. The van der Waals surface area contributed by atoms with Gasteiger partial charge in [-0.15, -0.1) is 0 Å². The van der Waals surface area contributed by atoms with Gasteiger partial charge in [0.05, 0.1) is 14.2 Å². The van der Waals surface area contributed by atoms with Crippen LogP contribution in [-0.4, -0.2) is 49.2 Å². The fourth-order valence-corrected chi connectivity index (χ4v) is 3.61. The van der Waals surface area contributed by atoms with E-state index in [1.807, 2.05) is 33.8 Å². The van der Waals surface area contributed by atoms with Crippen LogP contribution in [0.4, 0.5) is 0 Å². The van der Waals surface area contributed by atoms with Crippen molar-refractivity contribution < 1.29 is 23.8 Å². The van der Waals surface area contributed by atoms with Gasteiger partial charge in [-0.3, -0.25) is 4.79 Å². The number of hydrogen-bond acceptors (Lipinski definition) is 5. The molecular formula is C22H33NO5. The van der Waals surface area contributed by atoms with Crippen molar-refractivity contribution in [1.29, 1.82) is 0 Å². The second-order valence-electron chi connectivity index (χ2n) is 8.23. The van der Waals surface area contributed by atoms with Crippen LogP contribution < -0.4 is 9.47 Å². The average Bonchev–Trinajstić information content (AvgIpc) is 2.58. The summed E-state index contributed by atoms with van der Waals surface area (Å²) >= 11 is 0. The molecule has 0 aromatic heterocycles. The standard InChI is InChI=1S/C22H33NO5/c1-8-10-15-11-16(12-17(26-6)19(15)27-7)20(24)23-13-14(9-2)18(23)21(25)28-22(3,4)5/h11-12,14,18H,8-10,13H2,1-7H3/t14-,18-/m0/s1. The van der Waals surface area contributed by atoms with Crippen molar-refractivity contribution in [2.75, 3.05) is 20.8 Å². The van der Waals surface area contributed by atoms with Crippen LogP contribution in [0.1, 0.15) is 63.4 Å². The van der Waals surface area contributed by atoms with E-state index in [0.717, 1.165) is 24.8 Å². The largest absolute Gasteiger partial charge is 0.493 e. The van der Waals surface area contributed by atoms with Gasteiger partial charge in [0, 0.05) is 18.0 Å². The number of aryl methyl sites for hydroxylation is 1. The van der Waals surface area contributed by atoms with E-state index in [9.17, 15) is 9.59 Å². The molecule has 0 unspecified atom stereocenters. The quantitative estimate of drug-likeness (QED) is 0.661. The molecule has 1 heterocycles. The Morgan fingerprint density at radius 3 is 2.32 bits per heavy atom. The number of benzene rings is 1. The van der Waals surface area contributed by atoms with Crippen molar-refractivity contribution in [3.05, 3.63) is 23.3 Å². The number of hydrogen-bond donors (Lipinski definition) is 0. The van der Waals surface area contributed by atoms with Crippen LogP contribution in [0.15, 0.2) is 12.1 Å². The molecular weight excluding hydrogens is 358 g/mol. The number of esters is 1. The number of ether oxygens (including phenoxy) is 3. The molecule has 1 saturated heterocycles. The maximum absolute atomic E-state index is 13.2. The summed E-state index contributed by atoms with van der Waals surface area (Å²) in [6.45, 7) is 10.2. The van der Waals surface area contributed by atoms with Crippen molar-refractivity contribution in [3.8, 4) is 11.5 Å². The molecule has 6 nitrogen and oxygen atoms in total. The minimum absolute atomic E-state index is 0.119. The van der Waals surface area contributed by atoms with E-state index < -0.39 is 11.6 Å². The van der Waals surface area contributed by atoms with Gasteiger partial charge in [-0.25, -0.2) is 4.79 Å². The molecule has 0 bridgehead atoms. The molecule has 2 atom stereocenters. The summed E-state index contributed by atoms with van der Waals surface area (Å²) in [6.07, 6.45) is 2.51. The molecule has 0 N–H and O–H groups in total. The molecule has 28 heavy (non-hydrogen) atoms. The first-order chi connectivity index (χ1) is 13.2. The Hall–Kier alpha value is -2.24. The Balaban J connectivity index is 2.33. The Morgan fingerprint density at radius 1 is 1.14 bits per heavy atom. The monoisotopic (exact) mass is 391 g/mol. The third-order valence-electron chi connectivity index (χ3n) is 4.97. The summed E-state index contributed by atoms with van der Waals surface area (Å²) in [6, 6.07) is 2.99. The van der Waals surface area contributed by atoms with E-state index in [4.69, 9.17) is 14.2 Å². The van der Waals surface area contributed by atoms with Gasteiger partial charge in [0.1, 0.15) is 11.6 Å². The van der Waals surface area contributed by atoms with E-state index in [2.05, 4.69) is 6.92 Å². The topological polar surface area (TPSA) is 65.1 Å². The Kier molecular flexibility index (Phi) is 6.96. The lowest BCUT2D eigenvalue weighted by Gasteiger charge is -2.46. The molecule has 1 aliphatic rings. The SMILES string of the molecule is CCCc1cc(C(=O)N2C[C@H](CC)[C@H]2C(=O)OC(C)(C)C)cc(OC)c1OC. The first-order valence-corrected chi connectivity index (χ1v) is 9.95. The Labute approximate surface area is 168 Å². The highest BCUT2D eigenvalue weighted by Crippen LogP contribution is 2.36. The van der Waals surface area contributed by atoms with E-state index in [0.29, 0.717) is 23.6 Å². The summed E-state index contributed by atoms with van der Waals surface area (Å²) < 4.78 is 16.5. The second-order valence-corrected chi connectivity index (χ2v) is 8.23. The van der Waals surface area contributed by atoms with Crippen LogP contribution in [0, 0.1) is 5.92 Å². The van der Waals surface area contributed by atoms with E-state index in [1.54, 1.807) is 25.2 Å². The van der Waals surface area contributed by atoms with E-state index in [-0.39, 0.29) is 17.8 Å². The maximum atomic E-state index is 13.2. The van der Waals surface area contributed by atoms with Crippen molar-refractivity contribution in [3.63, 3.8) is 0 Å². The summed E-state index contributed by atoms with van der Waals surface area (Å²) in [4.78, 5) is 27.5. The maximum Gasteiger partial charge on any atom is 0.329 e. The van der Waals surface area contributed by atoms with E-state index in [1.165, 1.54) is 0 Å². The molecule has 1 fully saturated rings. The fourth-order valence-electron chi connectivity index (χ4n) is 3.61. The van der Waals surface area contributed by atoms with Gasteiger partial charge in [-0.2, -0.15) is 0 Å². The third kappa shape index (κ3) is 4.59.